The average Bonchev–Trinajstić information content (AvgIpc) is 2.97. The van der Waals surface area contributed by atoms with Crippen LogP contribution in [0.4, 0.5) is 41.6 Å². The Morgan fingerprint density at radius 1 is 0.604 bits per heavy atom. The third kappa shape index (κ3) is 6.95. The van der Waals surface area contributed by atoms with Crippen molar-refractivity contribution in [2.24, 2.45) is 20.5 Å². The molecule has 21 heteroatoms. The lowest BCUT2D eigenvalue weighted by Crippen LogP contribution is -2.04. The first kappa shape index (κ1) is 34.3. The molecule has 48 heavy (non-hydrogen) atoms. The van der Waals surface area contributed by atoms with Gasteiger partial charge in [0.05, 0.1) is 33.2 Å². The van der Waals surface area contributed by atoms with Crippen LogP contribution in [0.15, 0.2) is 108 Å². The topological polar surface area (TPSA) is 259 Å². The number of benzene rings is 5. The van der Waals surface area contributed by atoms with Gasteiger partial charge in [0.15, 0.2) is 5.75 Å². The molecule has 15 nitrogen and oxygen atoms in total. The van der Waals surface area contributed by atoms with E-state index in [4.69, 9.17) is 5.73 Å². The zero-order valence-electron chi connectivity index (χ0n) is 23.4. The molecule has 5 rings (SSSR count). The Kier molecular flexibility index (Phi) is 8.48. The number of anilines is 1. The Labute approximate surface area is 268 Å². The van der Waals surface area contributed by atoms with Crippen LogP contribution in [0.3, 0.4) is 0 Å². The normalized spacial score (nSPS) is 13.3. The van der Waals surface area contributed by atoms with E-state index in [2.05, 4.69) is 20.5 Å². The number of alkyl halides is 3. The molecule has 0 atom stereocenters. The first-order valence-corrected chi connectivity index (χ1v) is 17.1. The number of phenols is 1. The standard InChI is InChI=1S/C27H18F3N5O10S3/c28-27(29,30)14-1-3-15(4-2-14)32-33-21-7-8-22(19-11-16(46(37,38)39)5-6-17(19)21)34-35-25-24(48(43,44)45)10-13-9-23(47(40,41)42)20(31)12-18(13)26(25)36/h1-12,36H,31H2,(H,37,38,39)(H,40,41,42)(H,43,44,45). The second kappa shape index (κ2) is 11.9. The van der Waals surface area contributed by atoms with E-state index in [1.165, 1.54) is 18.2 Å². The summed E-state index contributed by atoms with van der Waals surface area (Å²) in [6.45, 7) is 0. The van der Waals surface area contributed by atoms with Crippen LogP contribution in [0.1, 0.15) is 5.56 Å². The largest absolute Gasteiger partial charge is 0.505 e. The summed E-state index contributed by atoms with van der Waals surface area (Å²) in [6.07, 6.45) is -4.58. The van der Waals surface area contributed by atoms with Gasteiger partial charge in [0, 0.05) is 16.2 Å². The highest BCUT2D eigenvalue weighted by Gasteiger charge is 2.30. The Morgan fingerprint density at radius 3 is 1.73 bits per heavy atom. The molecule has 6 N–H and O–H groups in total. The lowest BCUT2D eigenvalue weighted by atomic mass is 10.1. The summed E-state index contributed by atoms with van der Waals surface area (Å²) in [6, 6.07) is 11.7. The second-order valence-corrected chi connectivity index (χ2v) is 14.1. The third-order valence-corrected chi connectivity index (χ3v) is 9.33. The quantitative estimate of drug-likeness (QED) is 0.0656. The molecule has 0 aromatic heterocycles. The summed E-state index contributed by atoms with van der Waals surface area (Å²) in [4.78, 5) is -2.48. The van der Waals surface area contributed by atoms with E-state index >= 15 is 0 Å². The van der Waals surface area contributed by atoms with Crippen LogP contribution in [0.2, 0.25) is 0 Å². The molecule has 0 fully saturated rings. The van der Waals surface area contributed by atoms with Gasteiger partial charge in [-0.1, -0.05) is 6.07 Å². The molecule has 5 aromatic rings. The molecule has 5 aromatic carbocycles. The van der Waals surface area contributed by atoms with E-state index in [-0.39, 0.29) is 38.6 Å². The zero-order chi connectivity index (χ0) is 35.4. The second-order valence-electron chi connectivity index (χ2n) is 9.86. The fraction of sp³-hybridized carbons (Fsp3) is 0.0370. The van der Waals surface area contributed by atoms with Crippen molar-refractivity contribution in [1.82, 2.24) is 0 Å². The van der Waals surface area contributed by atoms with Crippen LogP contribution in [0.5, 0.6) is 5.75 Å². The predicted octanol–water partition coefficient (Wildman–Crippen LogP) is 6.87. The maximum absolute atomic E-state index is 12.9. The van der Waals surface area contributed by atoms with Gasteiger partial charge < -0.3 is 10.8 Å². The van der Waals surface area contributed by atoms with Crippen LogP contribution >= 0.6 is 0 Å². The molecule has 0 amide bonds. The van der Waals surface area contributed by atoms with Gasteiger partial charge in [-0.2, -0.15) is 43.5 Å². The molecule has 0 unspecified atom stereocenters. The number of fused-ring (bicyclic) bond motifs is 2. The Bertz CT molecular complexity index is 2540. The van der Waals surface area contributed by atoms with E-state index in [1.807, 2.05) is 0 Å². The lowest BCUT2D eigenvalue weighted by molar-refractivity contribution is -0.137. The fourth-order valence-corrected chi connectivity index (χ4v) is 6.27. The summed E-state index contributed by atoms with van der Waals surface area (Å²) in [7, 11) is -14.9. The van der Waals surface area contributed by atoms with E-state index in [1.54, 1.807) is 0 Å². The number of nitrogen functional groups attached to an aromatic ring is 1. The van der Waals surface area contributed by atoms with Gasteiger partial charge in [0.25, 0.3) is 30.4 Å². The Hall–Kier alpha value is -5.06. The number of azo groups is 2. The molecule has 0 aliphatic rings. The van der Waals surface area contributed by atoms with Crippen LogP contribution in [-0.4, -0.2) is 44.0 Å². The molecular weight excluding hydrogens is 708 g/mol. The maximum Gasteiger partial charge on any atom is 0.416 e. The van der Waals surface area contributed by atoms with Gasteiger partial charge in [0.2, 0.25) is 0 Å². The van der Waals surface area contributed by atoms with Gasteiger partial charge in [-0.3, -0.25) is 13.7 Å². The predicted molar refractivity (Wildman–Crippen MR) is 163 cm³/mol. The van der Waals surface area contributed by atoms with Crippen molar-refractivity contribution in [3.63, 3.8) is 0 Å². The molecule has 250 valence electrons. The number of phenolic OH excluding ortho intramolecular Hbond substituents is 1. The summed E-state index contributed by atoms with van der Waals surface area (Å²) in [5, 5.41) is 26.0. The summed E-state index contributed by atoms with van der Waals surface area (Å²) < 4.78 is 139. The number of hydrogen-bond donors (Lipinski definition) is 5. The molecule has 0 aliphatic carbocycles. The monoisotopic (exact) mass is 725 g/mol. The smallest absolute Gasteiger partial charge is 0.416 e. The van der Waals surface area contributed by atoms with Crippen LogP contribution in [-0.2, 0) is 36.5 Å². The van der Waals surface area contributed by atoms with Crippen LogP contribution in [0.25, 0.3) is 21.5 Å². The number of nitrogens with zero attached hydrogens (tertiary/aromatic N) is 4. The van der Waals surface area contributed by atoms with Crippen molar-refractivity contribution in [2.75, 3.05) is 5.73 Å². The van der Waals surface area contributed by atoms with E-state index in [0.29, 0.717) is 0 Å². The van der Waals surface area contributed by atoms with E-state index < -0.39 is 73.9 Å². The Morgan fingerprint density at radius 2 is 1.17 bits per heavy atom. The number of halogens is 3. The summed E-state index contributed by atoms with van der Waals surface area (Å²) in [5.74, 6) is -0.942. The van der Waals surface area contributed by atoms with Crippen molar-refractivity contribution < 1.29 is 57.2 Å². The molecule has 0 saturated heterocycles. The van der Waals surface area contributed by atoms with Gasteiger partial charge in [0.1, 0.15) is 15.5 Å². The average molecular weight is 726 g/mol. The van der Waals surface area contributed by atoms with Gasteiger partial charge in [-0.25, -0.2) is 0 Å². The highest BCUT2D eigenvalue weighted by atomic mass is 32.2. The molecule has 0 bridgehead atoms. The van der Waals surface area contributed by atoms with E-state index in [0.717, 1.165) is 54.6 Å². The number of nitrogens with two attached hydrogens (primary N) is 1. The molecule has 0 radical (unpaired) electrons. The van der Waals surface area contributed by atoms with Crippen molar-refractivity contribution in [2.45, 2.75) is 20.9 Å². The summed E-state index contributed by atoms with van der Waals surface area (Å²) >= 11 is 0. The van der Waals surface area contributed by atoms with Gasteiger partial charge >= 0.3 is 6.18 Å². The zero-order valence-corrected chi connectivity index (χ0v) is 25.8. The molecule has 0 saturated carbocycles. The highest BCUT2D eigenvalue weighted by molar-refractivity contribution is 7.86. The number of aromatic hydroxyl groups is 1. The molecule has 0 spiro atoms. The lowest BCUT2D eigenvalue weighted by Gasteiger charge is -2.11. The molecular formula is C27H18F3N5O10S3. The summed E-state index contributed by atoms with van der Waals surface area (Å²) in [5.41, 5.74) is 3.26. The Balaban J connectivity index is 1.67. The minimum absolute atomic E-state index is 0.0309. The minimum Gasteiger partial charge on any atom is -0.505 e. The molecule has 0 heterocycles. The van der Waals surface area contributed by atoms with Gasteiger partial charge in [-0.15, -0.1) is 15.3 Å². The van der Waals surface area contributed by atoms with Crippen molar-refractivity contribution in [3.8, 4) is 5.75 Å². The van der Waals surface area contributed by atoms with E-state index in [9.17, 15) is 57.2 Å². The van der Waals surface area contributed by atoms with Crippen molar-refractivity contribution >= 4 is 80.3 Å². The minimum atomic E-state index is -5.19. The van der Waals surface area contributed by atoms with Gasteiger partial charge in [-0.05, 0) is 72.1 Å². The first-order valence-electron chi connectivity index (χ1n) is 12.7. The first-order chi connectivity index (χ1) is 22.1. The fourth-order valence-electron chi connectivity index (χ4n) is 4.47. The molecule has 0 aliphatic heterocycles. The maximum atomic E-state index is 12.9. The van der Waals surface area contributed by atoms with Crippen LogP contribution in [0, 0.1) is 0 Å². The number of rotatable bonds is 7. The van der Waals surface area contributed by atoms with Crippen LogP contribution < -0.4 is 5.73 Å². The van der Waals surface area contributed by atoms with Crippen molar-refractivity contribution in [1.29, 1.82) is 0 Å². The number of hydrogen-bond acceptors (Lipinski definition) is 12. The highest BCUT2D eigenvalue weighted by Crippen LogP contribution is 2.44. The third-order valence-electron chi connectivity index (χ3n) is 6.70. The SMILES string of the molecule is Nc1cc2c(O)c(N=Nc3ccc(N=Nc4ccc(C(F)(F)F)cc4)c4ccc(S(=O)(=O)O)cc34)c(S(=O)(=O)O)cc2cc1S(=O)(=O)O. The van der Waals surface area contributed by atoms with Crippen molar-refractivity contribution in [3.05, 3.63) is 78.4 Å².